The molecule has 0 saturated carbocycles. The maximum Gasteiger partial charge on any atom is 0.303 e. The van der Waals surface area contributed by atoms with Crippen LogP contribution in [-0.4, -0.2) is 44.9 Å². The number of carboxylic acids is 1. The van der Waals surface area contributed by atoms with Crippen LogP contribution in [0.1, 0.15) is 49.3 Å². The largest absolute Gasteiger partial charge is 0.481 e. The van der Waals surface area contributed by atoms with E-state index < -0.39 is 5.97 Å². The van der Waals surface area contributed by atoms with E-state index in [-0.39, 0.29) is 18.2 Å². The van der Waals surface area contributed by atoms with E-state index in [0.29, 0.717) is 13.0 Å². The van der Waals surface area contributed by atoms with Gasteiger partial charge in [0.05, 0.1) is 6.42 Å². The molecular formula is C15H21N3O3. The third-order valence-corrected chi connectivity index (χ3v) is 3.75. The third kappa shape index (κ3) is 4.24. The zero-order valence-electron chi connectivity index (χ0n) is 12.5. The van der Waals surface area contributed by atoms with E-state index >= 15 is 0 Å². The van der Waals surface area contributed by atoms with E-state index in [1.165, 1.54) is 0 Å². The fourth-order valence-corrected chi connectivity index (χ4v) is 2.68. The van der Waals surface area contributed by atoms with Gasteiger partial charge in [0.2, 0.25) is 5.91 Å². The van der Waals surface area contributed by atoms with Gasteiger partial charge in [0.15, 0.2) is 0 Å². The number of aliphatic carboxylic acids is 1. The van der Waals surface area contributed by atoms with Crippen molar-refractivity contribution in [2.24, 2.45) is 0 Å². The Morgan fingerprint density at radius 3 is 2.86 bits per heavy atom. The fourth-order valence-electron chi connectivity index (χ4n) is 2.68. The molecule has 0 spiro atoms. The van der Waals surface area contributed by atoms with Crippen LogP contribution in [0.25, 0.3) is 0 Å². The number of hydrogen-bond acceptors (Lipinski definition) is 4. The van der Waals surface area contributed by atoms with Crippen molar-refractivity contribution in [3.05, 3.63) is 23.3 Å². The maximum atomic E-state index is 11.5. The van der Waals surface area contributed by atoms with Crippen LogP contribution in [0.5, 0.6) is 0 Å². The number of rotatable bonds is 4. The Hall–Kier alpha value is -1.98. The second kappa shape index (κ2) is 6.65. The van der Waals surface area contributed by atoms with Gasteiger partial charge < -0.3 is 10.0 Å². The third-order valence-electron chi connectivity index (χ3n) is 3.75. The standard InChI is InChI=1S/C15H21N3O3/c1-10-8-13(5-6-14(20)21)17-15(16-10)12-4-3-7-18(9-12)11(2)19/h8,12H,3-7,9H2,1-2H3,(H,20,21)/t12-/m1/s1. The molecule has 0 bridgehead atoms. The smallest absolute Gasteiger partial charge is 0.303 e. The lowest BCUT2D eigenvalue weighted by Gasteiger charge is -2.31. The zero-order valence-corrected chi connectivity index (χ0v) is 12.5. The molecule has 0 aromatic carbocycles. The van der Waals surface area contributed by atoms with Crippen molar-refractivity contribution in [1.29, 1.82) is 0 Å². The molecule has 0 unspecified atom stereocenters. The number of nitrogens with zero attached hydrogens (tertiary/aromatic N) is 3. The second-order valence-electron chi connectivity index (χ2n) is 5.56. The lowest BCUT2D eigenvalue weighted by Crippen LogP contribution is -2.38. The van der Waals surface area contributed by atoms with Crippen molar-refractivity contribution in [2.45, 2.75) is 45.4 Å². The fraction of sp³-hybridized carbons (Fsp3) is 0.600. The number of aryl methyl sites for hydroxylation is 2. The first-order valence-electron chi connectivity index (χ1n) is 7.27. The molecule has 114 valence electrons. The van der Waals surface area contributed by atoms with Gasteiger partial charge in [-0.3, -0.25) is 9.59 Å². The molecule has 0 aliphatic carbocycles. The highest BCUT2D eigenvalue weighted by Gasteiger charge is 2.25. The highest BCUT2D eigenvalue weighted by Crippen LogP contribution is 2.25. The van der Waals surface area contributed by atoms with Gasteiger partial charge in [0.1, 0.15) is 5.82 Å². The quantitative estimate of drug-likeness (QED) is 0.909. The number of piperidine rings is 1. The summed E-state index contributed by atoms with van der Waals surface area (Å²) in [5.41, 5.74) is 1.61. The molecule has 1 aromatic heterocycles. The number of carbonyl (C=O) groups is 2. The summed E-state index contributed by atoms with van der Waals surface area (Å²) in [5.74, 6) is 0.138. The van der Waals surface area contributed by atoms with E-state index in [1.54, 1.807) is 6.92 Å². The number of likely N-dealkylation sites (tertiary alicyclic amines) is 1. The predicted octanol–water partition coefficient (Wildman–Crippen LogP) is 1.53. The average molecular weight is 291 g/mol. The van der Waals surface area contributed by atoms with Crippen LogP contribution in [-0.2, 0) is 16.0 Å². The molecule has 1 saturated heterocycles. The predicted molar refractivity (Wildman–Crippen MR) is 77.0 cm³/mol. The molecular weight excluding hydrogens is 270 g/mol. The molecule has 0 radical (unpaired) electrons. The van der Waals surface area contributed by atoms with Crippen LogP contribution >= 0.6 is 0 Å². The van der Waals surface area contributed by atoms with Crippen molar-refractivity contribution in [1.82, 2.24) is 14.9 Å². The lowest BCUT2D eigenvalue weighted by molar-refractivity contribution is -0.137. The Morgan fingerprint density at radius 1 is 1.43 bits per heavy atom. The molecule has 1 fully saturated rings. The minimum Gasteiger partial charge on any atom is -0.481 e. The summed E-state index contributed by atoms with van der Waals surface area (Å²) < 4.78 is 0. The average Bonchev–Trinajstić information content (AvgIpc) is 2.44. The number of aromatic nitrogens is 2. The van der Waals surface area contributed by atoms with Crippen molar-refractivity contribution in [3.63, 3.8) is 0 Å². The molecule has 1 amide bonds. The minimum atomic E-state index is -0.826. The van der Waals surface area contributed by atoms with Crippen LogP contribution in [0, 0.1) is 6.92 Å². The number of amides is 1. The van der Waals surface area contributed by atoms with E-state index in [0.717, 1.165) is 36.6 Å². The number of carbonyl (C=O) groups excluding carboxylic acids is 1. The van der Waals surface area contributed by atoms with Gasteiger partial charge in [-0.2, -0.15) is 0 Å². The van der Waals surface area contributed by atoms with E-state index in [1.807, 2.05) is 17.9 Å². The summed E-state index contributed by atoms with van der Waals surface area (Å²) >= 11 is 0. The first-order chi connectivity index (χ1) is 9.95. The molecule has 6 heteroatoms. The van der Waals surface area contributed by atoms with E-state index in [9.17, 15) is 9.59 Å². The van der Waals surface area contributed by atoms with Crippen molar-refractivity contribution in [3.8, 4) is 0 Å². The molecule has 2 rings (SSSR count). The molecule has 2 heterocycles. The molecule has 1 atom stereocenters. The van der Waals surface area contributed by atoms with Crippen LogP contribution in [0.15, 0.2) is 6.07 Å². The summed E-state index contributed by atoms with van der Waals surface area (Å²) in [5, 5.41) is 8.77. The summed E-state index contributed by atoms with van der Waals surface area (Å²) in [6.45, 7) is 4.92. The Kier molecular flexibility index (Phi) is 4.88. The van der Waals surface area contributed by atoms with E-state index in [4.69, 9.17) is 5.11 Å². The van der Waals surface area contributed by atoms with Gasteiger partial charge in [0.25, 0.3) is 0 Å². The SMILES string of the molecule is CC(=O)N1CCC[C@@H](c2nc(C)cc(CCC(=O)O)n2)C1. The molecule has 6 nitrogen and oxygen atoms in total. The Labute approximate surface area is 124 Å². The summed E-state index contributed by atoms with van der Waals surface area (Å²) in [4.78, 5) is 33.0. The van der Waals surface area contributed by atoms with Gasteiger partial charge in [-0.25, -0.2) is 9.97 Å². The topological polar surface area (TPSA) is 83.4 Å². The Bertz CT molecular complexity index is 545. The van der Waals surface area contributed by atoms with Crippen molar-refractivity contribution < 1.29 is 14.7 Å². The number of carboxylic acid groups (broad SMARTS) is 1. The van der Waals surface area contributed by atoms with Crippen molar-refractivity contribution >= 4 is 11.9 Å². The maximum absolute atomic E-state index is 11.5. The van der Waals surface area contributed by atoms with Gasteiger partial charge in [-0.15, -0.1) is 0 Å². The number of hydrogen-bond donors (Lipinski definition) is 1. The Morgan fingerprint density at radius 2 is 2.19 bits per heavy atom. The van der Waals surface area contributed by atoms with Crippen LogP contribution in [0.4, 0.5) is 0 Å². The first kappa shape index (κ1) is 15.4. The van der Waals surface area contributed by atoms with Crippen molar-refractivity contribution in [2.75, 3.05) is 13.1 Å². The Balaban J connectivity index is 2.14. The first-order valence-corrected chi connectivity index (χ1v) is 7.27. The van der Waals surface area contributed by atoms with Gasteiger partial charge >= 0.3 is 5.97 Å². The molecule has 1 aromatic rings. The van der Waals surface area contributed by atoms with Gasteiger partial charge in [0, 0.05) is 43.7 Å². The van der Waals surface area contributed by atoms with Gasteiger partial charge in [-0.1, -0.05) is 0 Å². The van der Waals surface area contributed by atoms with Crippen LogP contribution < -0.4 is 0 Å². The normalized spacial score (nSPS) is 18.6. The van der Waals surface area contributed by atoms with Crippen LogP contribution in [0.3, 0.4) is 0 Å². The molecule has 1 N–H and O–H groups in total. The lowest BCUT2D eigenvalue weighted by atomic mass is 9.96. The summed E-state index contributed by atoms with van der Waals surface area (Å²) in [6, 6.07) is 1.83. The highest BCUT2D eigenvalue weighted by atomic mass is 16.4. The highest BCUT2D eigenvalue weighted by molar-refractivity contribution is 5.73. The second-order valence-corrected chi connectivity index (χ2v) is 5.56. The van der Waals surface area contributed by atoms with Crippen LogP contribution in [0.2, 0.25) is 0 Å². The summed E-state index contributed by atoms with van der Waals surface area (Å²) in [7, 11) is 0. The molecule has 21 heavy (non-hydrogen) atoms. The summed E-state index contributed by atoms with van der Waals surface area (Å²) in [6.07, 6.45) is 2.40. The van der Waals surface area contributed by atoms with E-state index in [2.05, 4.69) is 9.97 Å². The minimum absolute atomic E-state index is 0.0696. The molecule has 1 aliphatic heterocycles. The van der Waals surface area contributed by atoms with Gasteiger partial charge in [-0.05, 0) is 25.8 Å². The monoisotopic (exact) mass is 291 g/mol. The zero-order chi connectivity index (χ0) is 15.4. The molecule has 1 aliphatic rings.